The highest BCUT2D eigenvalue weighted by atomic mass is 16.5. The second-order valence-electron chi connectivity index (χ2n) is 20.8. The van der Waals surface area contributed by atoms with E-state index in [1.807, 2.05) is 62.3 Å². The van der Waals surface area contributed by atoms with E-state index in [0.717, 1.165) is 48.2 Å². The number of aliphatic carboxylic acids is 2. The van der Waals surface area contributed by atoms with Crippen molar-refractivity contribution in [3.05, 3.63) is 142 Å². The Morgan fingerprint density at radius 2 is 1.08 bits per heavy atom. The molecule has 0 bridgehead atoms. The molecule has 3 atom stereocenters. The number of carboxylic acid groups (broad SMARTS) is 2. The van der Waals surface area contributed by atoms with Gasteiger partial charge in [-0.1, -0.05) is 207 Å². The Kier molecular flexibility index (Phi) is 47.3. The van der Waals surface area contributed by atoms with Crippen LogP contribution in [0.15, 0.2) is 142 Å². The largest absolute Gasteiger partial charge is 0.481 e. The lowest BCUT2D eigenvalue weighted by atomic mass is 9.69. The van der Waals surface area contributed by atoms with Gasteiger partial charge in [-0.3, -0.25) is 19.2 Å². The number of ketones is 1. The quantitative estimate of drug-likeness (QED) is 0.0284. The molecule has 77 heavy (non-hydrogen) atoms. The second-order valence-corrected chi connectivity index (χ2v) is 20.8. The van der Waals surface area contributed by atoms with E-state index in [1.165, 1.54) is 46.3 Å². The van der Waals surface area contributed by atoms with Crippen LogP contribution in [0.4, 0.5) is 0 Å². The zero-order chi connectivity index (χ0) is 60.2. The molecule has 3 unspecified atom stereocenters. The summed E-state index contributed by atoms with van der Waals surface area (Å²) in [7, 11) is 0. The van der Waals surface area contributed by atoms with Crippen molar-refractivity contribution in [2.24, 2.45) is 16.7 Å². The summed E-state index contributed by atoms with van der Waals surface area (Å²) in [6.45, 7) is 46.6. The lowest BCUT2D eigenvalue weighted by molar-refractivity contribution is -0.153. The van der Waals surface area contributed by atoms with Gasteiger partial charge in [0.25, 0.3) is 0 Å². The van der Waals surface area contributed by atoms with E-state index in [1.54, 1.807) is 0 Å². The molecule has 0 fully saturated rings. The lowest BCUT2D eigenvalue weighted by Crippen LogP contribution is -2.32. The summed E-state index contributed by atoms with van der Waals surface area (Å²) in [6.07, 6.45) is 38.2. The molecular formula is C68H110O9. The van der Waals surface area contributed by atoms with Crippen LogP contribution in [0.5, 0.6) is 0 Å². The molecule has 0 saturated carbocycles. The first-order valence-corrected chi connectivity index (χ1v) is 28.6. The van der Waals surface area contributed by atoms with Crippen LogP contribution in [0.2, 0.25) is 0 Å². The van der Waals surface area contributed by atoms with Gasteiger partial charge in [-0.15, -0.1) is 6.58 Å². The van der Waals surface area contributed by atoms with Gasteiger partial charge in [0.1, 0.15) is 18.2 Å². The molecule has 9 heteroatoms. The predicted octanol–water partition coefficient (Wildman–Crippen LogP) is 18.9. The first-order valence-electron chi connectivity index (χ1n) is 28.6. The third-order valence-corrected chi connectivity index (χ3v) is 11.9. The number of rotatable bonds is 26. The Hall–Kier alpha value is -5.41. The number of carbonyl (C=O) groups is 5. The Morgan fingerprint density at radius 3 is 1.49 bits per heavy atom. The molecule has 0 aromatic heterocycles. The number of aldehydes is 1. The van der Waals surface area contributed by atoms with E-state index in [9.17, 15) is 24.0 Å². The maximum absolute atomic E-state index is 12.1. The molecule has 436 valence electrons. The number of hydrogen-bond donors (Lipinski definition) is 2. The molecule has 0 amide bonds. The molecule has 2 aliphatic carbocycles. The van der Waals surface area contributed by atoms with E-state index in [4.69, 9.17) is 19.7 Å². The number of unbranched alkanes of at least 4 members (excludes halogenated alkanes) is 1. The maximum Gasteiger partial charge on any atom is 0.306 e. The Balaban J connectivity index is -0.000000777. The van der Waals surface area contributed by atoms with Gasteiger partial charge in [-0.05, 0) is 122 Å². The molecule has 0 spiro atoms. The summed E-state index contributed by atoms with van der Waals surface area (Å²) in [5, 5.41) is 17.0. The van der Waals surface area contributed by atoms with Crippen LogP contribution in [-0.2, 0) is 33.4 Å². The normalized spacial score (nSPS) is 18.0. The maximum atomic E-state index is 12.1. The van der Waals surface area contributed by atoms with Gasteiger partial charge in [0.05, 0.1) is 25.4 Å². The number of esters is 1. The van der Waals surface area contributed by atoms with E-state index < -0.39 is 17.9 Å². The topological polar surface area (TPSA) is 144 Å². The molecule has 0 aromatic rings. The number of ether oxygens (including phenoxy) is 2. The van der Waals surface area contributed by atoms with E-state index in [2.05, 4.69) is 168 Å². The van der Waals surface area contributed by atoms with Crippen molar-refractivity contribution in [1.29, 1.82) is 0 Å². The first kappa shape index (κ1) is 78.1. The Morgan fingerprint density at radius 1 is 0.649 bits per heavy atom. The zero-order valence-corrected chi connectivity index (χ0v) is 52.3. The monoisotopic (exact) mass is 1070 g/mol. The highest BCUT2D eigenvalue weighted by Gasteiger charge is 2.34. The SMILES string of the molecule is C=C(C)CC(C)OCCCC=O.CC.CC.CC.CC1=C(/C=C/C(C)=C/C=C/C(C)=C/C=C/C=C(C)/C=C/C=C(C)/C=C/C2=C(C)CC(OC(=O)CCC(=O)O)CC2(C)C)C(C)(C)CC(C)C1.CCCC(=O)CCC(=O)O. The molecule has 2 rings (SSSR count). The van der Waals surface area contributed by atoms with E-state index in [0.29, 0.717) is 32.3 Å². The third-order valence-electron chi connectivity index (χ3n) is 11.9. The fourth-order valence-electron chi connectivity index (χ4n) is 8.74. The molecular weight excluding hydrogens is 961 g/mol. The molecule has 0 saturated heterocycles. The number of Topliss-reactive ketones (excluding diaryl/α,β-unsaturated/α-hetero) is 1. The van der Waals surface area contributed by atoms with Gasteiger partial charge in [-0.25, -0.2) is 0 Å². The molecule has 2 N–H and O–H groups in total. The van der Waals surface area contributed by atoms with Crippen LogP contribution in [0.3, 0.4) is 0 Å². The highest BCUT2D eigenvalue weighted by Crippen LogP contribution is 2.44. The minimum Gasteiger partial charge on any atom is -0.481 e. The smallest absolute Gasteiger partial charge is 0.306 e. The van der Waals surface area contributed by atoms with Gasteiger partial charge in [0.15, 0.2) is 0 Å². The van der Waals surface area contributed by atoms with Crippen LogP contribution in [0.25, 0.3) is 0 Å². The molecule has 0 aromatic carbocycles. The summed E-state index contributed by atoms with van der Waals surface area (Å²) in [5.74, 6) is -1.52. The minimum absolute atomic E-state index is 0.0289. The summed E-state index contributed by atoms with van der Waals surface area (Å²) in [6, 6.07) is 0. The number of carboxylic acids is 2. The first-order chi connectivity index (χ1) is 36.2. The van der Waals surface area contributed by atoms with Crippen LogP contribution < -0.4 is 0 Å². The number of allylic oxidation sites excluding steroid dienone is 21. The predicted molar refractivity (Wildman–Crippen MR) is 329 cm³/mol. The Labute approximate surface area is 471 Å². The summed E-state index contributed by atoms with van der Waals surface area (Å²) in [4.78, 5) is 53.4. The molecule has 0 aliphatic heterocycles. The van der Waals surface area contributed by atoms with Crippen molar-refractivity contribution in [3.63, 3.8) is 0 Å². The molecule has 0 radical (unpaired) electrons. The fraction of sp³-hybridized carbons (Fsp3) is 0.574. The Bertz CT molecular complexity index is 2100. The fourth-order valence-corrected chi connectivity index (χ4v) is 8.74. The minimum atomic E-state index is -0.989. The van der Waals surface area contributed by atoms with Crippen LogP contribution >= 0.6 is 0 Å². The lowest BCUT2D eigenvalue weighted by Gasteiger charge is -2.37. The van der Waals surface area contributed by atoms with Gasteiger partial charge < -0.3 is 24.5 Å². The third kappa shape index (κ3) is 42.3. The van der Waals surface area contributed by atoms with Crippen LogP contribution in [-0.4, -0.2) is 59.0 Å². The van der Waals surface area contributed by atoms with E-state index in [-0.39, 0.29) is 54.5 Å². The standard InChI is InChI=1S/C45H62O4.C10H18O2.C7H12O3.3C2H6/c1-32(18-14-20-34(3)22-24-40-37(6)28-36(5)30-44(40,8)9)16-12-13-17-33(2)19-15-21-35(4)23-25-41-38(7)29-39(31-45(41,10)11)49-43(48)27-26-42(46)47;1-9(2)8-10(3)12-7-5-4-6-11;1-2-3-6(8)4-5-7(9)10;3*1-2/h12-25,36,39H,26-31H2,1-11H3,(H,46,47);6,10H,1,4-5,7-8H2,2-3H3;2-5H2,1H3,(H,9,10);3*1-2H3/b13-12+,18-14+,19-15+,24-22+,25-23+,32-16+,33-17+,34-20+,35-21+;;;;;. The second kappa shape index (κ2) is 46.7. The van der Waals surface area contributed by atoms with Gasteiger partial charge in [0, 0.05) is 32.3 Å². The van der Waals surface area contributed by atoms with Crippen molar-refractivity contribution in [2.75, 3.05) is 6.61 Å². The van der Waals surface area contributed by atoms with Crippen molar-refractivity contribution in [2.45, 2.75) is 234 Å². The van der Waals surface area contributed by atoms with Crippen LogP contribution in [0.1, 0.15) is 222 Å². The zero-order valence-electron chi connectivity index (χ0n) is 52.3. The summed E-state index contributed by atoms with van der Waals surface area (Å²) in [5.41, 5.74) is 11.4. The van der Waals surface area contributed by atoms with E-state index >= 15 is 0 Å². The van der Waals surface area contributed by atoms with Crippen LogP contribution in [0, 0.1) is 16.7 Å². The molecule has 2 aliphatic rings. The summed E-state index contributed by atoms with van der Waals surface area (Å²) < 4.78 is 11.0. The average molecular weight is 1070 g/mol. The van der Waals surface area contributed by atoms with Crippen molar-refractivity contribution >= 4 is 30.0 Å². The average Bonchev–Trinajstić information content (AvgIpc) is 3.34. The summed E-state index contributed by atoms with van der Waals surface area (Å²) >= 11 is 0. The van der Waals surface area contributed by atoms with Crippen molar-refractivity contribution in [1.82, 2.24) is 0 Å². The van der Waals surface area contributed by atoms with Crippen molar-refractivity contribution in [3.8, 4) is 0 Å². The number of hydrogen-bond acceptors (Lipinski definition) is 7. The van der Waals surface area contributed by atoms with Gasteiger partial charge in [0.2, 0.25) is 0 Å². The molecule has 9 nitrogen and oxygen atoms in total. The van der Waals surface area contributed by atoms with Crippen molar-refractivity contribution < 1.29 is 43.7 Å². The highest BCUT2D eigenvalue weighted by molar-refractivity contribution is 5.82. The number of carbonyl (C=O) groups excluding carboxylic acids is 3. The molecule has 0 heterocycles. The van der Waals surface area contributed by atoms with Gasteiger partial charge >= 0.3 is 17.9 Å². The van der Waals surface area contributed by atoms with Gasteiger partial charge in [-0.2, -0.15) is 0 Å².